The van der Waals surface area contributed by atoms with Crippen LogP contribution in [0.25, 0.3) is 11.6 Å². The van der Waals surface area contributed by atoms with Crippen molar-refractivity contribution in [2.75, 3.05) is 7.11 Å². The second kappa shape index (κ2) is 4.34. The molecular weight excluding hydrogens is 230 g/mol. The van der Waals surface area contributed by atoms with Crippen LogP contribution in [0.4, 0.5) is 0 Å². The third-order valence-electron chi connectivity index (χ3n) is 3.09. The molecule has 3 heteroatoms. The maximum absolute atomic E-state index is 5.25. The fraction of sp³-hybridized carbons (Fsp3) is 0.214. The summed E-state index contributed by atoms with van der Waals surface area (Å²) < 4.78 is 5.25. The number of rotatable bonds is 2. The summed E-state index contributed by atoms with van der Waals surface area (Å²) in [7, 11) is 1.71. The molecular formula is C14H13NOS. The van der Waals surface area contributed by atoms with Gasteiger partial charge in [-0.3, -0.25) is 4.98 Å². The van der Waals surface area contributed by atoms with E-state index in [-0.39, 0.29) is 0 Å². The van der Waals surface area contributed by atoms with E-state index in [0.717, 1.165) is 18.6 Å². The summed E-state index contributed by atoms with van der Waals surface area (Å²) in [5.74, 6) is 0.947. The number of ether oxygens (including phenoxy) is 1. The Bertz CT molecular complexity index is 558. The Kier molecular flexibility index (Phi) is 2.69. The Morgan fingerprint density at radius 3 is 3.06 bits per heavy atom. The standard InChI is InChI=1S/C14H13NOS/c1-16-12-4-5-14-10(6-12)2-3-11(14)7-13-8-15-9-17-13/h4-9H,2-3H2,1H3/b11-7+. The van der Waals surface area contributed by atoms with Crippen LogP contribution in [-0.4, -0.2) is 12.1 Å². The van der Waals surface area contributed by atoms with Crippen LogP contribution in [0.3, 0.4) is 0 Å². The maximum atomic E-state index is 5.25. The second-order valence-electron chi connectivity index (χ2n) is 4.10. The SMILES string of the molecule is COc1ccc2c(c1)CC/C2=C\c1cncs1. The van der Waals surface area contributed by atoms with Gasteiger partial charge in [0.15, 0.2) is 0 Å². The molecule has 1 heterocycles. The largest absolute Gasteiger partial charge is 0.497 e. The summed E-state index contributed by atoms with van der Waals surface area (Å²) in [6.07, 6.45) is 6.38. The first kappa shape index (κ1) is 10.5. The number of nitrogens with zero attached hydrogens (tertiary/aromatic N) is 1. The molecule has 0 bridgehead atoms. The number of hydrogen-bond donors (Lipinski definition) is 0. The lowest BCUT2D eigenvalue weighted by atomic mass is 10.1. The minimum absolute atomic E-state index is 0.947. The molecule has 2 nitrogen and oxygen atoms in total. The molecule has 0 radical (unpaired) electrons. The number of allylic oxidation sites excluding steroid dienone is 1. The minimum Gasteiger partial charge on any atom is -0.497 e. The fourth-order valence-electron chi connectivity index (χ4n) is 2.24. The predicted octanol–water partition coefficient (Wildman–Crippen LogP) is 3.64. The summed E-state index contributed by atoms with van der Waals surface area (Å²) in [5.41, 5.74) is 6.03. The van der Waals surface area contributed by atoms with Crippen molar-refractivity contribution in [1.82, 2.24) is 4.98 Å². The summed E-state index contributed by atoms with van der Waals surface area (Å²) in [5, 5.41) is 0. The summed E-state index contributed by atoms with van der Waals surface area (Å²) >= 11 is 1.68. The predicted molar refractivity (Wildman–Crippen MR) is 71.3 cm³/mol. The number of aromatic nitrogens is 1. The smallest absolute Gasteiger partial charge is 0.119 e. The van der Waals surface area contributed by atoms with Crippen LogP contribution in [-0.2, 0) is 6.42 Å². The molecule has 0 fully saturated rings. The second-order valence-corrected chi connectivity index (χ2v) is 5.01. The molecule has 1 aromatic carbocycles. The average Bonchev–Trinajstić information content (AvgIpc) is 2.99. The monoisotopic (exact) mass is 243 g/mol. The van der Waals surface area contributed by atoms with E-state index in [0.29, 0.717) is 0 Å². The highest BCUT2D eigenvalue weighted by atomic mass is 32.1. The maximum Gasteiger partial charge on any atom is 0.119 e. The lowest BCUT2D eigenvalue weighted by Crippen LogP contribution is -1.86. The Morgan fingerprint density at radius 2 is 2.29 bits per heavy atom. The molecule has 0 saturated heterocycles. The van der Waals surface area contributed by atoms with Crippen molar-refractivity contribution < 1.29 is 4.74 Å². The summed E-state index contributed by atoms with van der Waals surface area (Å²) in [6, 6.07) is 6.33. The van der Waals surface area contributed by atoms with Gasteiger partial charge < -0.3 is 4.74 Å². The van der Waals surface area contributed by atoms with Gasteiger partial charge in [-0.1, -0.05) is 6.07 Å². The van der Waals surface area contributed by atoms with Gasteiger partial charge in [0, 0.05) is 11.1 Å². The molecule has 1 aliphatic carbocycles. The van der Waals surface area contributed by atoms with Crippen molar-refractivity contribution in [3.8, 4) is 5.75 Å². The normalized spacial score (nSPS) is 16.2. The highest BCUT2D eigenvalue weighted by Gasteiger charge is 2.16. The molecule has 0 spiro atoms. The van der Waals surface area contributed by atoms with E-state index in [1.165, 1.54) is 21.6 Å². The van der Waals surface area contributed by atoms with Gasteiger partial charge in [-0.05, 0) is 47.8 Å². The lowest BCUT2D eigenvalue weighted by Gasteiger charge is -2.04. The number of benzene rings is 1. The van der Waals surface area contributed by atoms with Crippen molar-refractivity contribution in [3.05, 3.63) is 45.9 Å². The third-order valence-corrected chi connectivity index (χ3v) is 3.81. The van der Waals surface area contributed by atoms with Gasteiger partial charge in [0.05, 0.1) is 12.6 Å². The van der Waals surface area contributed by atoms with E-state index < -0.39 is 0 Å². The zero-order valence-corrected chi connectivity index (χ0v) is 10.5. The van der Waals surface area contributed by atoms with E-state index in [1.807, 2.05) is 17.8 Å². The average molecular weight is 243 g/mol. The van der Waals surface area contributed by atoms with Crippen molar-refractivity contribution in [1.29, 1.82) is 0 Å². The van der Waals surface area contributed by atoms with Crippen LogP contribution in [0.1, 0.15) is 22.4 Å². The molecule has 0 amide bonds. The Balaban J connectivity index is 1.99. The van der Waals surface area contributed by atoms with Crippen LogP contribution < -0.4 is 4.74 Å². The van der Waals surface area contributed by atoms with Crippen molar-refractivity contribution in [2.45, 2.75) is 12.8 Å². The fourth-order valence-corrected chi connectivity index (χ4v) is 2.82. The van der Waals surface area contributed by atoms with Gasteiger partial charge in [-0.2, -0.15) is 0 Å². The van der Waals surface area contributed by atoms with Gasteiger partial charge in [-0.25, -0.2) is 0 Å². The highest BCUT2D eigenvalue weighted by Crippen LogP contribution is 2.35. The molecule has 86 valence electrons. The zero-order chi connectivity index (χ0) is 11.7. The molecule has 1 aliphatic rings. The summed E-state index contributed by atoms with van der Waals surface area (Å²) in [6.45, 7) is 0. The quantitative estimate of drug-likeness (QED) is 0.803. The number of fused-ring (bicyclic) bond motifs is 1. The molecule has 0 N–H and O–H groups in total. The number of methoxy groups -OCH3 is 1. The molecule has 0 atom stereocenters. The molecule has 0 unspecified atom stereocenters. The number of thiazole rings is 1. The lowest BCUT2D eigenvalue weighted by molar-refractivity contribution is 0.414. The van der Waals surface area contributed by atoms with Crippen LogP contribution in [0.15, 0.2) is 29.9 Å². The van der Waals surface area contributed by atoms with Crippen LogP contribution >= 0.6 is 11.3 Å². The topological polar surface area (TPSA) is 22.1 Å². The minimum atomic E-state index is 0.947. The van der Waals surface area contributed by atoms with Gasteiger partial charge >= 0.3 is 0 Å². The highest BCUT2D eigenvalue weighted by molar-refractivity contribution is 7.10. The van der Waals surface area contributed by atoms with Crippen molar-refractivity contribution >= 4 is 23.0 Å². The van der Waals surface area contributed by atoms with Crippen LogP contribution in [0.2, 0.25) is 0 Å². The molecule has 0 saturated carbocycles. The number of aryl methyl sites for hydroxylation is 1. The van der Waals surface area contributed by atoms with Crippen LogP contribution in [0, 0.1) is 0 Å². The zero-order valence-electron chi connectivity index (χ0n) is 9.64. The number of hydrogen-bond acceptors (Lipinski definition) is 3. The van der Waals surface area contributed by atoms with Gasteiger partial charge in [-0.15, -0.1) is 11.3 Å². The molecule has 17 heavy (non-hydrogen) atoms. The first-order valence-electron chi connectivity index (χ1n) is 5.63. The Hall–Kier alpha value is -1.61. The molecule has 3 rings (SSSR count). The third kappa shape index (κ3) is 1.98. The first-order valence-corrected chi connectivity index (χ1v) is 6.51. The molecule has 0 aliphatic heterocycles. The van der Waals surface area contributed by atoms with Crippen molar-refractivity contribution in [2.24, 2.45) is 0 Å². The van der Waals surface area contributed by atoms with E-state index in [1.54, 1.807) is 18.4 Å². The van der Waals surface area contributed by atoms with Crippen LogP contribution in [0.5, 0.6) is 5.75 Å². The van der Waals surface area contributed by atoms with E-state index in [9.17, 15) is 0 Å². The van der Waals surface area contributed by atoms with Gasteiger partial charge in [0.1, 0.15) is 5.75 Å². The van der Waals surface area contributed by atoms with E-state index in [2.05, 4.69) is 23.2 Å². The molecule has 2 aromatic rings. The van der Waals surface area contributed by atoms with E-state index >= 15 is 0 Å². The molecule has 1 aromatic heterocycles. The Labute approximate surface area is 105 Å². The van der Waals surface area contributed by atoms with E-state index in [4.69, 9.17) is 4.74 Å². The van der Waals surface area contributed by atoms with Crippen molar-refractivity contribution in [3.63, 3.8) is 0 Å². The van der Waals surface area contributed by atoms with Gasteiger partial charge in [0.2, 0.25) is 0 Å². The Morgan fingerprint density at radius 1 is 1.35 bits per heavy atom. The first-order chi connectivity index (χ1) is 8.36. The van der Waals surface area contributed by atoms with Gasteiger partial charge in [0.25, 0.3) is 0 Å². The summed E-state index contributed by atoms with van der Waals surface area (Å²) in [4.78, 5) is 5.33.